The topological polar surface area (TPSA) is 101 Å². The lowest BCUT2D eigenvalue weighted by Crippen LogP contribution is -2.66. The fourth-order valence-corrected chi connectivity index (χ4v) is 6.46. The van der Waals surface area contributed by atoms with Gasteiger partial charge in [0.15, 0.2) is 0 Å². The van der Waals surface area contributed by atoms with Gasteiger partial charge in [0.05, 0.1) is 30.8 Å². The molecule has 5 aliphatic rings. The molecule has 1 unspecified atom stereocenters. The summed E-state index contributed by atoms with van der Waals surface area (Å²) in [6, 6.07) is 0. The first-order valence-corrected chi connectivity index (χ1v) is 12.2. The van der Waals surface area contributed by atoms with Crippen LogP contribution in [0.1, 0.15) is 46.5 Å². The minimum absolute atomic E-state index is 0.125. The zero-order valence-corrected chi connectivity index (χ0v) is 20.4. The molecule has 3 heterocycles. The van der Waals surface area contributed by atoms with Crippen LogP contribution in [0, 0.1) is 10.8 Å². The van der Waals surface area contributed by atoms with Crippen LogP contribution in [-0.2, 0) is 38.1 Å². The fraction of sp³-hybridized carbons (Fsp3) is 0.593. The molecule has 8 heteroatoms. The Bertz CT molecular complexity index is 1050. The number of rotatable bonds is 0. The second-order valence-electron chi connectivity index (χ2n) is 10.5. The number of hydrogen-bond donors (Lipinski definition) is 0. The molecule has 0 amide bonds. The average molecular weight is 485 g/mol. The maximum Gasteiger partial charge on any atom is 0.331 e. The zero-order chi connectivity index (χ0) is 24.8. The third-order valence-corrected chi connectivity index (χ3v) is 8.63. The number of esters is 3. The van der Waals surface area contributed by atoms with Crippen molar-refractivity contribution in [1.82, 2.24) is 0 Å². The molecule has 0 N–H and O–H groups in total. The first-order valence-electron chi connectivity index (χ1n) is 12.2. The minimum atomic E-state index is -0.613. The molecule has 188 valence electrons. The van der Waals surface area contributed by atoms with E-state index < -0.39 is 40.4 Å². The van der Waals surface area contributed by atoms with Crippen LogP contribution in [0.15, 0.2) is 47.6 Å². The van der Waals surface area contributed by atoms with Gasteiger partial charge in [0.2, 0.25) is 0 Å². The summed E-state index contributed by atoms with van der Waals surface area (Å²) in [5.41, 5.74) is 0.194. The van der Waals surface area contributed by atoms with Crippen molar-refractivity contribution in [3.63, 3.8) is 0 Å². The van der Waals surface area contributed by atoms with Gasteiger partial charge in [-0.1, -0.05) is 36.3 Å². The molecule has 1 saturated carbocycles. The third-order valence-electron chi connectivity index (χ3n) is 8.63. The molecule has 6 atom stereocenters. The van der Waals surface area contributed by atoms with Crippen LogP contribution < -0.4 is 0 Å². The fourth-order valence-electron chi connectivity index (χ4n) is 6.46. The zero-order valence-electron chi connectivity index (χ0n) is 20.4. The van der Waals surface area contributed by atoms with E-state index in [0.29, 0.717) is 19.4 Å². The number of carbonyl (C=O) groups is 3. The Morgan fingerprint density at radius 2 is 1.63 bits per heavy atom. The average Bonchev–Trinajstić information content (AvgIpc) is 3.58. The van der Waals surface area contributed by atoms with Crippen molar-refractivity contribution >= 4 is 17.9 Å². The van der Waals surface area contributed by atoms with E-state index >= 15 is 0 Å². The normalized spacial score (nSPS) is 44.9. The Labute approximate surface area is 204 Å². The Balaban J connectivity index is 1.53. The van der Waals surface area contributed by atoms with Crippen molar-refractivity contribution in [2.45, 2.75) is 70.4 Å². The second kappa shape index (κ2) is 8.75. The summed E-state index contributed by atoms with van der Waals surface area (Å²) in [5, 5.41) is 0. The first kappa shape index (κ1) is 24.0. The number of allylic oxidation sites excluding steroid dienone is 3. The second-order valence-corrected chi connectivity index (χ2v) is 10.5. The lowest BCUT2D eigenvalue weighted by molar-refractivity contribution is -0.232. The van der Waals surface area contributed by atoms with Crippen LogP contribution in [0.2, 0.25) is 0 Å². The lowest BCUT2D eigenvalue weighted by atomic mass is 9.51. The molecule has 0 aromatic carbocycles. The molecule has 0 aromatic rings. The molecule has 8 nitrogen and oxygen atoms in total. The van der Waals surface area contributed by atoms with Gasteiger partial charge in [-0.05, 0) is 26.7 Å². The molecule has 2 saturated heterocycles. The summed E-state index contributed by atoms with van der Waals surface area (Å²) in [6.07, 6.45) is 10.5. The number of carbonyl (C=O) groups excluding carboxylic acids is 3. The van der Waals surface area contributed by atoms with Crippen LogP contribution in [0.5, 0.6) is 0 Å². The predicted molar refractivity (Wildman–Crippen MR) is 124 cm³/mol. The number of ether oxygens (including phenoxy) is 5. The molecule has 5 rings (SSSR count). The monoisotopic (exact) mass is 484 g/mol. The first-order chi connectivity index (χ1) is 16.7. The molecule has 0 aromatic heterocycles. The summed E-state index contributed by atoms with van der Waals surface area (Å²) in [5.74, 6) is -1.50. The van der Waals surface area contributed by atoms with Crippen molar-refractivity contribution in [2.24, 2.45) is 10.8 Å². The Morgan fingerprint density at radius 1 is 0.886 bits per heavy atom. The minimum Gasteiger partial charge on any atom is -0.462 e. The molecule has 0 radical (unpaired) electrons. The van der Waals surface area contributed by atoms with E-state index in [-0.39, 0.29) is 25.4 Å². The van der Waals surface area contributed by atoms with Crippen molar-refractivity contribution in [2.75, 3.05) is 19.8 Å². The molecule has 2 aliphatic carbocycles. The van der Waals surface area contributed by atoms with Gasteiger partial charge < -0.3 is 23.7 Å². The van der Waals surface area contributed by atoms with Crippen molar-refractivity contribution in [3.8, 4) is 0 Å². The summed E-state index contributed by atoms with van der Waals surface area (Å²) < 4.78 is 29.7. The van der Waals surface area contributed by atoms with E-state index in [2.05, 4.69) is 19.9 Å². The van der Waals surface area contributed by atoms with E-state index in [9.17, 15) is 14.4 Å². The number of epoxide rings is 1. The Morgan fingerprint density at radius 3 is 2.37 bits per heavy atom. The molecular formula is C27H32O8. The van der Waals surface area contributed by atoms with E-state index in [1.54, 1.807) is 6.92 Å². The van der Waals surface area contributed by atoms with Gasteiger partial charge in [0.25, 0.3) is 0 Å². The highest BCUT2D eigenvalue weighted by molar-refractivity contribution is 5.85. The van der Waals surface area contributed by atoms with Gasteiger partial charge in [-0.2, -0.15) is 0 Å². The SMILES string of the molecule is CC1=C[C@H]2O[C@@H]3CC4OC(=O)/C=C\C=C\C(=O)OCC/C(C)=C/C(=O)OC[C@@]2(CC1)[C@]4(C)[C@]31CO1. The molecule has 3 fully saturated rings. The van der Waals surface area contributed by atoms with Gasteiger partial charge in [0, 0.05) is 36.5 Å². The van der Waals surface area contributed by atoms with Crippen LogP contribution in [0.4, 0.5) is 0 Å². The van der Waals surface area contributed by atoms with E-state index in [0.717, 1.165) is 18.4 Å². The summed E-state index contributed by atoms with van der Waals surface area (Å²) in [4.78, 5) is 37.4. The quantitative estimate of drug-likeness (QED) is 0.224. The van der Waals surface area contributed by atoms with E-state index in [4.69, 9.17) is 23.7 Å². The Hall–Kier alpha value is -2.71. The van der Waals surface area contributed by atoms with Crippen molar-refractivity contribution in [3.05, 3.63) is 47.6 Å². The van der Waals surface area contributed by atoms with Gasteiger partial charge in [0.1, 0.15) is 18.3 Å². The molecule has 3 aliphatic heterocycles. The summed E-state index contributed by atoms with van der Waals surface area (Å²) in [6.45, 7) is 6.77. The highest BCUT2D eigenvalue weighted by Gasteiger charge is 2.83. The van der Waals surface area contributed by atoms with E-state index in [1.165, 1.54) is 36.0 Å². The highest BCUT2D eigenvalue weighted by Crippen LogP contribution is 2.72. The third kappa shape index (κ3) is 3.87. The summed E-state index contributed by atoms with van der Waals surface area (Å²) >= 11 is 0. The van der Waals surface area contributed by atoms with Gasteiger partial charge in [-0.15, -0.1) is 0 Å². The standard InChI is InChI=1S/C27H32O8/c1-17-8-10-26-15-32-24(30)13-18(2)9-11-31-22(28)6-4-5-7-23(29)35-19-14-21(34-20(26)12-17)27(16-33-27)25(19,26)3/h4-7,12-13,19-21H,8-11,14-16H2,1-3H3/b6-4+,7-5-,18-13+/t19?,20-,21-,25-,26-,27+/m1/s1. The van der Waals surface area contributed by atoms with Gasteiger partial charge in [-0.3, -0.25) is 0 Å². The number of hydrogen-bond acceptors (Lipinski definition) is 8. The number of cyclic esters (lactones) is 2. The van der Waals surface area contributed by atoms with Crippen molar-refractivity contribution in [1.29, 1.82) is 0 Å². The maximum absolute atomic E-state index is 12.8. The van der Waals surface area contributed by atoms with Crippen LogP contribution >= 0.6 is 0 Å². The smallest absolute Gasteiger partial charge is 0.331 e. The van der Waals surface area contributed by atoms with Gasteiger partial charge in [-0.25, -0.2) is 14.4 Å². The molecular weight excluding hydrogens is 452 g/mol. The molecule has 2 bridgehead atoms. The predicted octanol–water partition coefficient (Wildman–Crippen LogP) is 3.12. The summed E-state index contributed by atoms with van der Waals surface area (Å²) in [7, 11) is 0. The van der Waals surface area contributed by atoms with Gasteiger partial charge >= 0.3 is 17.9 Å². The van der Waals surface area contributed by atoms with Crippen molar-refractivity contribution < 1.29 is 38.1 Å². The van der Waals surface area contributed by atoms with Crippen LogP contribution in [-0.4, -0.2) is 61.6 Å². The largest absolute Gasteiger partial charge is 0.462 e. The maximum atomic E-state index is 12.8. The highest BCUT2D eigenvalue weighted by atomic mass is 16.6. The molecule has 2 spiro atoms. The van der Waals surface area contributed by atoms with E-state index in [1.807, 2.05) is 0 Å². The van der Waals surface area contributed by atoms with Crippen LogP contribution in [0.25, 0.3) is 0 Å². The van der Waals surface area contributed by atoms with Crippen LogP contribution in [0.3, 0.4) is 0 Å². The molecule has 35 heavy (non-hydrogen) atoms. The lowest BCUT2D eigenvalue weighted by Gasteiger charge is -2.58. The Kier molecular flexibility index (Phi) is 6.00.